The molecule has 128 valence electrons. The van der Waals surface area contributed by atoms with Crippen LogP contribution in [0.25, 0.3) is 0 Å². The summed E-state index contributed by atoms with van der Waals surface area (Å²) in [4.78, 5) is 20.4. The van der Waals surface area contributed by atoms with E-state index in [0.29, 0.717) is 13.1 Å². The van der Waals surface area contributed by atoms with Crippen LogP contribution in [0.1, 0.15) is 17.9 Å². The number of aromatic nitrogens is 1. The smallest absolute Gasteiger partial charge is 0.236 e. The Balaban J connectivity index is 1.47. The van der Waals surface area contributed by atoms with E-state index < -0.39 is 0 Å². The fourth-order valence-corrected chi connectivity index (χ4v) is 2.85. The average molecular weight is 329 g/mol. The Bertz CT molecular complexity index is 672. The molecule has 2 aromatic heterocycles. The van der Waals surface area contributed by atoms with E-state index in [1.165, 1.54) is 0 Å². The Morgan fingerprint density at radius 1 is 1.46 bits per heavy atom. The van der Waals surface area contributed by atoms with Crippen molar-refractivity contribution < 1.29 is 13.9 Å². The zero-order chi connectivity index (χ0) is 16.9. The number of pyridine rings is 1. The number of nitrogens with zero attached hydrogens (tertiary/aromatic N) is 3. The minimum Gasteiger partial charge on any atom is -0.487 e. The van der Waals surface area contributed by atoms with Gasteiger partial charge in [-0.2, -0.15) is 0 Å². The molecular formula is C18H23N3O3. The molecule has 6 heteroatoms. The van der Waals surface area contributed by atoms with Crippen LogP contribution in [0.2, 0.25) is 0 Å². The predicted molar refractivity (Wildman–Crippen MR) is 89.6 cm³/mol. The number of ether oxygens (including phenoxy) is 1. The van der Waals surface area contributed by atoms with E-state index in [2.05, 4.69) is 9.88 Å². The van der Waals surface area contributed by atoms with Crippen LogP contribution in [-0.2, 0) is 11.3 Å². The molecule has 3 rings (SSSR count). The third-order valence-corrected chi connectivity index (χ3v) is 4.24. The quantitative estimate of drug-likeness (QED) is 0.812. The van der Waals surface area contributed by atoms with Gasteiger partial charge in [0.1, 0.15) is 17.6 Å². The number of carbonyl (C=O) groups is 1. The topological polar surface area (TPSA) is 58.8 Å². The SMILES string of the molecule is Cc1ncccc1OC1CCN(CC(=O)N(C)Cc2ccco2)C1. The molecule has 1 fully saturated rings. The second kappa shape index (κ2) is 7.49. The molecular weight excluding hydrogens is 306 g/mol. The van der Waals surface area contributed by atoms with Gasteiger partial charge in [0.25, 0.3) is 0 Å². The maximum Gasteiger partial charge on any atom is 0.236 e. The summed E-state index contributed by atoms with van der Waals surface area (Å²) in [5.74, 6) is 1.70. The molecule has 1 atom stereocenters. The van der Waals surface area contributed by atoms with Gasteiger partial charge in [-0.05, 0) is 37.6 Å². The van der Waals surface area contributed by atoms with Crippen molar-refractivity contribution in [2.75, 3.05) is 26.7 Å². The number of hydrogen-bond donors (Lipinski definition) is 0. The van der Waals surface area contributed by atoms with Crippen molar-refractivity contribution in [1.82, 2.24) is 14.8 Å². The Morgan fingerprint density at radius 2 is 2.33 bits per heavy atom. The lowest BCUT2D eigenvalue weighted by atomic mass is 10.3. The molecule has 1 unspecified atom stereocenters. The Labute approximate surface area is 142 Å². The molecule has 0 spiro atoms. The largest absolute Gasteiger partial charge is 0.487 e. The summed E-state index contributed by atoms with van der Waals surface area (Å²) in [7, 11) is 1.80. The molecule has 6 nitrogen and oxygen atoms in total. The van der Waals surface area contributed by atoms with Gasteiger partial charge in [-0.1, -0.05) is 0 Å². The summed E-state index contributed by atoms with van der Waals surface area (Å²) in [6.07, 6.45) is 4.41. The van der Waals surface area contributed by atoms with Crippen LogP contribution in [0.3, 0.4) is 0 Å². The molecule has 1 aliphatic rings. The van der Waals surface area contributed by atoms with Crippen molar-refractivity contribution >= 4 is 5.91 Å². The highest BCUT2D eigenvalue weighted by molar-refractivity contribution is 5.78. The number of aryl methyl sites for hydroxylation is 1. The van der Waals surface area contributed by atoms with Crippen LogP contribution in [0, 0.1) is 6.92 Å². The number of likely N-dealkylation sites (N-methyl/N-ethyl adjacent to an activating group) is 1. The highest BCUT2D eigenvalue weighted by atomic mass is 16.5. The van der Waals surface area contributed by atoms with Gasteiger partial charge in [-0.25, -0.2) is 0 Å². The first kappa shape index (κ1) is 16.5. The standard InChI is InChI=1S/C18H23N3O3/c1-14-17(6-3-8-19-14)24-16-7-9-21(12-16)13-18(22)20(2)11-15-5-4-10-23-15/h3-6,8,10,16H,7,9,11-13H2,1-2H3. The molecule has 2 aromatic rings. The van der Waals surface area contributed by atoms with Crippen LogP contribution in [-0.4, -0.2) is 53.5 Å². The third kappa shape index (κ3) is 4.14. The summed E-state index contributed by atoms with van der Waals surface area (Å²) in [5, 5.41) is 0. The monoisotopic (exact) mass is 329 g/mol. The van der Waals surface area contributed by atoms with Crippen LogP contribution >= 0.6 is 0 Å². The van der Waals surface area contributed by atoms with Crippen LogP contribution < -0.4 is 4.74 Å². The maximum atomic E-state index is 12.3. The van der Waals surface area contributed by atoms with Crippen molar-refractivity contribution in [1.29, 1.82) is 0 Å². The molecule has 0 bridgehead atoms. The summed E-state index contributed by atoms with van der Waals surface area (Å²) < 4.78 is 11.3. The lowest BCUT2D eigenvalue weighted by Gasteiger charge is -2.21. The fourth-order valence-electron chi connectivity index (χ4n) is 2.85. The number of rotatable bonds is 6. The maximum absolute atomic E-state index is 12.3. The highest BCUT2D eigenvalue weighted by Crippen LogP contribution is 2.20. The van der Waals surface area contributed by atoms with Gasteiger partial charge in [-0.15, -0.1) is 0 Å². The first-order valence-corrected chi connectivity index (χ1v) is 8.19. The first-order chi connectivity index (χ1) is 11.6. The van der Waals surface area contributed by atoms with E-state index in [0.717, 1.165) is 36.7 Å². The van der Waals surface area contributed by atoms with E-state index in [1.807, 2.05) is 31.2 Å². The molecule has 1 aliphatic heterocycles. The normalized spacial score (nSPS) is 17.8. The van der Waals surface area contributed by atoms with Crippen molar-refractivity contribution in [3.63, 3.8) is 0 Å². The zero-order valence-corrected chi connectivity index (χ0v) is 14.1. The van der Waals surface area contributed by atoms with Crippen LogP contribution in [0.5, 0.6) is 5.75 Å². The van der Waals surface area contributed by atoms with Gasteiger partial charge in [0.15, 0.2) is 0 Å². The average Bonchev–Trinajstić information content (AvgIpc) is 3.22. The molecule has 0 N–H and O–H groups in total. The zero-order valence-electron chi connectivity index (χ0n) is 14.1. The predicted octanol–water partition coefficient (Wildman–Crippen LogP) is 2.09. The van der Waals surface area contributed by atoms with Crippen molar-refractivity contribution in [2.24, 2.45) is 0 Å². The third-order valence-electron chi connectivity index (χ3n) is 4.24. The Hall–Kier alpha value is -2.34. The molecule has 0 radical (unpaired) electrons. The molecule has 0 aliphatic carbocycles. The van der Waals surface area contributed by atoms with E-state index in [4.69, 9.17) is 9.15 Å². The van der Waals surface area contributed by atoms with Gasteiger partial charge in [0.2, 0.25) is 5.91 Å². The van der Waals surface area contributed by atoms with Gasteiger partial charge in [-0.3, -0.25) is 14.7 Å². The van der Waals surface area contributed by atoms with E-state index >= 15 is 0 Å². The first-order valence-electron chi connectivity index (χ1n) is 8.19. The highest BCUT2D eigenvalue weighted by Gasteiger charge is 2.26. The van der Waals surface area contributed by atoms with E-state index in [9.17, 15) is 4.79 Å². The lowest BCUT2D eigenvalue weighted by molar-refractivity contribution is -0.131. The second-order valence-corrected chi connectivity index (χ2v) is 6.18. The van der Waals surface area contributed by atoms with Gasteiger partial charge < -0.3 is 14.1 Å². The minimum absolute atomic E-state index is 0.0876. The Kier molecular flexibility index (Phi) is 5.15. The molecule has 0 aromatic carbocycles. The minimum atomic E-state index is 0.0876. The second-order valence-electron chi connectivity index (χ2n) is 6.18. The van der Waals surface area contributed by atoms with Crippen LogP contribution in [0.4, 0.5) is 0 Å². The summed E-state index contributed by atoms with van der Waals surface area (Å²) in [6, 6.07) is 7.52. The fraction of sp³-hybridized carbons (Fsp3) is 0.444. The van der Waals surface area contributed by atoms with Crippen molar-refractivity contribution in [3.8, 4) is 5.75 Å². The van der Waals surface area contributed by atoms with E-state index in [-0.39, 0.29) is 12.0 Å². The van der Waals surface area contributed by atoms with Crippen molar-refractivity contribution in [3.05, 3.63) is 48.2 Å². The molecule has 3 heterocycles. The van der Waals surface area contributed by atoms with E-state index in [1.54, 1.807) is 24.4 Å². The lowest BCUT2D eigenvalue weighted by Crippen LogP contribution is -2.37. The van der Waals surface area contributed by atoms with Crippen LogP contribution in [0.15, 0.2) is 41.1 Å². The Morgan fingerprint density at radius 3 is 3.08 bits per heavy atom. The van der Waals surface area contributed by atoms with Crippen molar-refractivity contribution in [2.45, 2.75) is 26.0 Å². The number of furan rings is 1. The van der Waals surface area contributed by atoms with Gasteiger partial charge >= 0.3 is 0 Å². The van der Waals surface area contributed by atoms with Gasteiger partial charge in [0.05, 0.1) is 25.0 Å². The molecule has 1 saturated heterocycles. The summed E-state index contributed by atoms with van der Waals surface area (Å²) >= 11 is 0. The molecule has 24 heavy (non-hydrogen) atoms. The van der Waals surface area contributed by atoms with Gasteiger partial charge in [0, 0.05) is 26.3 Å². The molecule has 0 saturated carbocycles. The molecule has 1 amide bonds. The number of likely N-dealkylation sites (tertiary alicyclic amines) is 1. The number of hydrogen-bond acceptors (Lipinski definition) is 5. The summed E-state index contributed by atoms with van der Waals surface area (Å²) in [5.41, 5.74) is 0.894. The number of amides is 1. The number of carbonyl (C=O) groups excluding carboxylic acids is 1. The summed E-state index contributed by atoms with van der Waals surface area (Å²) in [6.45, 7) is 4.46.